The highest BCUT2D eigenvalue weighted by Gasteiger charge is 2.21. The first kappa shape index (κ1) is 27.5. The molecule has 0 saturated carbocycles. The van der Waals surface area contributed by atoms with E-state index < -0.39 is 11.7 Å². The second-order valence-electron chi connectivity index (χ2n) is 9.82. The van der Waals surface area contributed by atoms with Crippen molar-refractivity contribution in [3.05, 3.63) is 93.2 Å². The minimum Gasteiger partial charge on any atom is -0.502 e. The van der Waals surface area contributed by atoms with Crippen molar-refractivity contribution >= 4 is 0 Å². The Kier molecular flexibility index (Phi) is 9.66. The normalized spacial score (nSPS) is 17.1. The average Bonchev–Trinajstić information content (AvgIpc) is 3.38. The fourth-order valence-corrected chi connectivity index (χ4v) is 4.64. The van der Waals surface area contributed by atoms with Crippen LogP contribution in [0.25, 0.3) is 0 Å². The van der Waals surface area contributed by atoms with Crippen LogP contribution in [0, 0.1) is 11.8 Å². The highest BCUT2D eigenvalue weighted by molar-refractivity contribution is 5.44. The highest BCUT2D eigenvalue weighted by atomic mass is 19.1. The molecule has 0 bridgehead atoms. The summed E-state index contributed by atoms with van der Waals surface area (Å²) in [6.45, 7) is 5.14. The first-order chi connectivity index (χ1) is 18.4. The molecule has 4 rings (SSSR count). The molecule has 1 aliphatic rings. The van der Waals surface area contributed by atoms with Crippen LogP contribution in [0.15, 0.2) is 59.7 Å². The third kappa shape index (κ3) is 7.75. The first-order valence-corrected chi connectivity index (χ1v) is 13.0. The minimum atomic E-state index is -0.975. The van der Waals surface area contributed by atoms with Gasteiger partial charge >= 0.3 is 0 Å². The maximum atomic E-state index is 13.3. The lowest BCUT2D eigenvalue weighted by Gasteiger charge is -2.19. The third-order valence-corrected chi connectivity index (χ3v) is 6.82. The van der Waals surface area contributed by atoms with E-state index in [-0.39, 0.29) is 18.2 Å². The second kappa shape index (κ2) is 13.3. The zero-order valence-corrected chi connectivity index (χ0v) is 21.9. The van der Waals surface area contributed by atoms with Gasteiger partial charge in [0, 0.05) is 63.3 Å². The predicted molar refractivity (Wildman–Crippen MR) is 146 cm³/mol. The number of nitrogens with one attached hydrogen (secondary N) is 2. The number of H-pyrrole nitrogens is 1. The van der Waals surface area contributed by atoms with Crippen molar-refractivity contribution < 1.29 is 14.2 Å². The SMILES string of the molecule is CO[C@@H]1CCN(Cc2ccc(C#Cc3ccc(C(CNCC(C)F)Cc4nc[nH]c(=O)c4O)cc3)cc2)C1. The predicted octanol–water partition coefficient (Wildman–Crippen LogP) is 3.37. The van der Waals surface area contributed by atoms with Crippen LogP contribution in [0.2, 0.25) is 0 Å². The number of aromatic hydroxyl groups is 1. The molecule has 7 nitrogen and oxygen atoms in total. The summed E-state index contributed by atoms with van der Waals surface area (Å²) in [6, 6.07) is 16.2. The lowest BCUT2D eigenvalue weighted by Crippen LogP contribution is -2.28. The molecule has 3 aromatic rings. The van der Waals surface area contributed by atoms with Gasteiger partial charge < -0.3 is 20.1 Å². The molecule has 2 unspecified atom stereocenters. The minimum absolute atomic E-state index is 0.113. The molecule has 0 spiro atoms. The van der Waals surface area contributed by atoms with Crippen LogP contribution in [0.4, 0.5) is 4.39 Å². The number of halogens is 1. The number of aromatic nitrogens is 2. The number of rotatable bonds is 10. The zero-order valence-electron chi connectivity index (χ0n) is 21.9. The summed E-state index contributed by atoms with van der Waals surface area (Å²) in [5.41, 5.74) is 3.81. The smallest absolute Gasteiger partial charge is 0.293 e. The van der Waals surface area contributed by atoms with Gasteiger partial charge in [-0.2, -0.15) is 0 Å². The van der Waals surface area contributed by atoms with Crippen molar-refractivity contribution in [1.82, 2.24) is 20.2 Å². The quantitative estimate of drug-likeness (QED) is 0.357. The van der Waals surface area contributed by atoms with Crippen LogP contribution < -0.4 is 10.9 Å². The van der Waals surface area contributed by atoms with Gasteiger partial charge in [-0.3, -0.25) is 9.69 Å². The van der Waals surface area contributed by atoms with Gasteiger partial charge in [0.15, 0.2) is 0 Å². The van der Waals surface area contributed by atoms with Crippen molar-refractivity contribution in [2.24, 2.45) is 0 Å². The number of methoxy groups -OCH3 is 1. The maximum absolute atomic E-state index is 13.3. The van der Waals surface area contributed by atoms with Crippen LogP contribution in [-0.4, -0.2) is 65.5 Å². The molecule has 3 atom stereocenters. The molecule has 1 fully saturated rings. The largest absolute Gasteiger partial charge is 0.502 e. The van der Waals surface area contributed by atoms with Crippen LogP contribution in [0.5, 0.6) is 5.75 Å². The first-order valence-electron chi connectivity index (χ1n) is 13.0. The van der Waals surface area contributed by atoms with E-state index in [2.05, 4.69) is 56.3 Å². The Hall–Kier alpha value is -3.51. The number of aromatic amines is 1. The van der Waals surface area contributed by atoms with E-state index in [0.29, 0.717) is 24.8 Å². The number of hydrogen-bond acceptors (Lipinski definition) is 6. The van der Waals surface area contributed by atoms with Gasteiger partial charge in [0.2, 0.25) is 5.75 Å². The molecular weight excluding hydrogens is 483 g/mol. The fraction of sp³-hybridized carbons (Fsp3) is 0.400. The number of likely N-dealkylation sites (tertiary alicyclic amines) is 1. The molecule has 0 radical (unpaired) electrons. The molecule has 1 aliphatic heterocycles. The molecule has 1 aromatic heterocycles. The highest BCUT2D eigenvalue weighted by Crippen LogP contribution is 2.23. The summed E-state index contributed by atoms with van der Waals surface area (Å²) < 4.78 is 18.8. The van der Waals surface area contributed by atoms with Crippen LogP contribution in [-0.2, 0) is 17.7 Å². The van der Waals surface area contributed by atoms with E-state index in [1.54, 1.807) is 7.11 Å². The van der Waals surface area contributed by atoms with Crippen molar-refractivity contribution in [3.8, 4) is 17.6 Å². The Morgan fingerprint density at radius 2 is 1.84 bits per heavy atom. The van der Waals surface area contributed by atoms with Gasteiger partial charge in [0.25, 0.3) is 5.56 Å². The molecule has 8 heteroatoms. The Balaban J connectivity index is 1.41. The lowest BCUT2D eigenvalue weighted by molar-refractivity contribution is 0.107. The van der Waals surface area contributed by atoms with Gasteiger partial charge in [-0.1, -0.05) is 36.1 Å². The van der Waals surface area contributed by atoms with Crippen molar-refractivity contribution in [3.63, 3.8) is 0 Å². The fourth-order valence-electron chi connectivity index (χ4n) is 4.64. The summed E-state index contributed by atoms with van der Waals surface area (Å²) >= 11 is 0. The van der Waals surface area contributed by atoms with Crippen LogP contribution in [0.3, 0.4) is 0 Å². The van der Waals surface area contributed by atoms with E-state index in [1.807, 2.05) is 24.3 Å². The number of benzene rings is 2. The van der Waals surface area contributed by atoms with Gasteiger partial charge in [0.05, 0.1) is 18.1 Å². The van der Waals surface area contributed by atoms with E-state index >= 15 is 0 Å². The summed E-state index contributed by atoms with van der Waals surface area (Å²) in [4.78, 5) is 20.7. The Morgan fingerprint density at radius 1 is 1.16 bits per heavy atom. The summed E-state index contributed by atoms with van der Waals surface area (Å²) in [7, 11) is 1.78. The van der Waals surface area contributed by atoms with Crippen LogP contribution >= 0.6 is 0 Å². The van der Waals surface area contributed by atoms with Gasteiger partial charge in [0.1, 0.15) is 6.17 Å². The van der Waals surface area contributed by atoms with Gasteiger partial charge in [-0.15, -0.1) is 0 Å². The molecular formula is C30H35FN4O3. The van der Waals surface area contributed by atoms with Crippen molar-refractivity contribution in [1.29, 1.82) is 0 Å². The summed E-state index contributed by atoms with van der Waals surface area (Å²) in [5, 5.41) is 13.2. The number of nitrogens with zero attached hydrogens (tertiary/aromatic N) is 2. The number of alkyl halides is 1. The van der Waals surface area contributed by atoms with Gasteiger partial charge in [-0.25, -0.2) is 9.37 Å². The number of hydrogen-bond donors (Lipinski definition) is 3. The molecule has 2 aromatic carbocycles. The summed E-state index contributed by atoms with van der Waals surface area (Å²) in [6.07, 6.45) is 2.06. The van der Waals surface area contributed by atoms with E-state index in [4.69, 9.17) is 4.74 Å². The molecule has 200 valence electrons. The monoisotopic (exact) mass is 518 g/mol. The van der Waals surface area contributed by atoms with Crippen molar-refractivity contribution in [2.75, 3.05) is 33.3 Å². The molecule has 0 aliphatic carbocycles. The van der Waals surface area contributed by atoms with E-state index in [9.17, 15) is 14.3 Å². The maximum Gasteiger partial charge on any atom is 0.293 e. The standard InChI is InChI=1S/C30H35FN4O3/c1-21(31)16-32-17-26(15-28-29(36)30(37)34-20-33-28)25-11-9-23(10-12-25)4-3-22-5-7-24(8-6-22)18-35-14-13-27(19-35)38-2/h5-12,20-21,26-27,32,36H,13-19H2,1-2H3,(H,33,34,37)/t21?,26?,27-/m1/s1. The Morgan fingerprint density at radius 3 is 2.47 bits per heavy atom. The summed E-state index contributed by atoms with van der Waals surface area (Å²) in [5.74, 6) is 5.95. The van der Waals surface area contributed by atoms with Crippen LogP contribution in [0.1, 0.15) is 47.2 Å². The number of ether oxygens (including phenoxy) is 1. The lowest BCUT2D eigenvalue weighted by atomic mass is 9.93. The molecule has 38 heavy (non-hydrogen) atoms. The average molecular weight is 519 g/mol. The Bertz CT molecular complexity index is 1300. The Labute approximate surface area is 223 Å². The molecule has 3 N–H and O–H groups in total. The third-order valence-electron chi connectivity index (χ3n) is 6.82. The zero-order chi connectivity index (χ0) is 26.9. The molecule has 0 amide bonds. The molecule has 2 heterocycles. The molecule has 1 saturated heterocycles. The van der Waals surface area contributed by atoms with E-state index in [0.717, 1.165) is 42.7 Å². The van der Waals surface area contributed by atoms with Gasteiger partial charge in [-0.05, 0) is 48.7 Å². The van der Waals surface area contributed by atoms with E-state index in [1.165, 1.54) is 18.8 Å². The second-order valence-corrected chi connectivity index (χ2v) is 9.82. The topological polar surface area (TPSA) is 90.5 Å². The van der Waals surface area contributed by atoms with Crippen molar-refractivity contribution in [2.45, 2.75) is 44.5 Å².